The first kappa shape index (κ1) is 13.5. The second-order valence-corrected chi connectivity index (χ2v) is 6.74. The van der Waals surface area contributed by atoms with E-state index in [9.17, 15) is 4.79 Å². The lowest BCUT2D eigenvalue weighted by atomic mass is 9.79. The largest absolute Gasteiger partial charge is 0.378 e. The fourth-order valence-corrected chi connectivity index (χ4v) is 3.91. The number of nitrogens with two attached hydrogens (primary N) is 1. The lowest BCUT2D eigenvalue weighted by Crippen LogP contribution is -2.45. The first-order valence-electron chi connectivity index (χ1n) is 7.64. The number of hydrogen-bond acceptors (Lipinski definition) is 4. The van der Waals surface area contributed by atoms with Crippen LogP contribution >= 0.6 is 0 Å². The van der Waals surface area contributed by atoms with Gasteiger partial charge in [-0.3, -0.25) is 4.79 Å². The summed E-state index contributed by atoms with van der Waals surface area (Å²) in [6, 6.07) is 0. The van der Waals surface area contributed by atoms with Gasteiger partial charge in [0, 0.05) is 37.5 Å². The second-order valence-electron chi connectivity index (χ2n) is 6.74. The summed E-state index contributed by atoms with van der Waals surface area (Å²) in [6.07, 6.45) is 7.56. The Morgan fingerprint density at radius 1 is 1.21 bits per heavy atom. The van der Waals surface area contributed by atoms with E-state index in [2.05, 4.69) is 0 Å². The summed E-state index contributed by atoms with van der Waals surface area (Å²) < 4.78 is 11.4. The molecule has 2 unspecified atom stereocenters. The molecule has 2 aliphatic heterocycles. The Labute approximate surface area is 115 Å². The summed E-state index contributed by atoms with van der Waals surface area (Å²) in [5.74, 6) is 0.496. The molecule has 0 amide bonds. The minimum absolute atomic E-state index is 0.136. The highest BCUT2D eigenvalue weighted by Gasteiger charge is 2.44. The fraction of sp³-hybridized carbons (Fsp3) is 0.933. The van der Waals surface area contributed by atoms with Crippen LogP contribution < -0.4 is 5.73 Å². The standard InChI is InChI=1S/C15H25NO3/c16-14(4-1-2-5-14)10-13(17)12-3-7-19-15(9-12)6-8-18-11-15/h12H,1-11,16H2. The number of rotatable bonds is 3. The molecule has 3 rings (SSSR count). The summed E-state index contributed by atoms with van der Waals surface area (Å²) in [7, 11) is 0. The van der Waals surface area contributed by atoms with Crippen LogP contribution in [-0.2, 0) is 14.3 Å². The Morgan fingerprint density at radius 2 is 2.00 bits per heavy atom. The molecule has 3 fully saturated rings. The molecule has 0 bridgehead atoms. The maximum absolute atomic E-state index is 12.5. The van der Waals surface area contributed by atoms with E-state index < -0.39 is 0 Å². The van der Waals surface area contributed by atoms with E-state index in [4.69, 9.17) is 15.2 Å². The van der Waals surface area contributed by atoms with E-state index in [0.717, 1.165) is 38.7 Å². The number of carbonyl (C=O) groups is 1. The molecule has 1 spiro atoms. The maximum atomic E-state index is 12.5. The highest BCUT2D eigenvalue weighted by atomic mass is 16.6. The van der Waals surface area contributed by atoms with Crippen molar-refractivity contribution in [2.75, 3.05) is 19.8 Å². The van der Waals surface area contributed by atoms with Crippen molar-refractivity contribution >= 4 is 5.78 Å². The Balaban J connectivity index is 1.60. The van der Waals surface area contributed by atoms with Crippen LogP contribution in [0.25, 0.3) is 0 Å². The van der Waals surface area contributed by atoms with Gasteiger partial charge in [-0.15, -0.1) is 0 Å². The second kappa shape index (κ2) is 5.15. The monoisotopic (exact) mass is 267 g/mol. The number of Topliss-reactive ketones (excluding diaryl/α,β-unsaturated/α-hetero) is 1. The maximum Gasteiger partial charge on any atom is 0.138 e. The van der Waals surface area contributed by atoms with Crippen molar-refractivity contribution in [1.29, 1.82) is 0 Å². The summed E-state index contributed by atoms with van der Waals surface area (Å²) in [4.78, 5) is 12.5. The van der Waals surface area contributed by atoms with Gasteiger partial charge in [0.25, 0.3) is 0 Å². The lowest BCUT2D eigenvalue weighted by Gasteiger charge is -2.37. The first-order valence-corrected chi connectivity index (χ1v) is 7.64. The zero-order chi connectivity index (χ0) is 13.3. The Morgan fingerprint density at radius 3 is 2.68 bits per heavy atom. The van der Waals surface area contributed by atoms with Gasteiger partial charge in [0.1, 0.15) is 5.78 Å². The van der Waals surface area contributed by atoms with Gasteiger partial charge in [0.05, 0.1) is 12.2 Å². The molecule has 4 nitrogen and oxygen atoms in total. The molecule has 2 N–H and O–H groups in total. The van der Waals surface area contributed by atoms with Crippen molar-refractivity contribution in [3.8, 4) is 0 Å². The normalized spacial score (nSPS) is 37.8. The molecule has 0 radical (unpaired) electrons. The fourth-order valence-electron chi connectivity index (χ4n) is 3.91. The molecular weight excluding hydrogens is 242 g/mol. The third-order valence-electron chi connectivity index (χ3n) is 5.14. The van der Waals surface area contributed by atoms with Crippen LogP contribution in [0.3, 0.4) is 0 Å². The highest BCUT2D eigenvalue weighted by Crippen LogP contribution is 2.38. The highest BCUT2D eigenvalue weighted by molar-refractivity contribution is 5.82. The summed E-state index contributed by atoms with van der Waals surface area (Å²) in [5.41, 5.74) is 5.95. The van der Waals surface area contributed by atoms with Crippen LogP contribution in [0.5, 0.6) is 0 Å². The van der Waals surface area contributed by atoms with Crippen molar-refractivity contribution in [3.63, 3.8) is 0 Å². The molecule has 4 heteroatoms. The SMILES string of the molecule is NC1(CC(=O)C2CCOC3(CCOC3)C2)CCCC1. The molecule has 3 aliphatic rings. The smallest absolute Gasteiger partial charge is 0.138 e. The van der Waals surface area contributed by atoms with Gasteiger partial charge in [0.2, 0.25) is 0 Å². The van der Waals surface area contributed by atoms with E-state index in [1.807, 2.05) is 0 Å². The number of ether oxygens (including phenoxy) is 2. The van der Waals surface area contributed by atoms with Crippen molar-refractivity contribution in [2.45, 2.75) is 62.5 Å². The number of ketones is 1. The van der Waals surface area contributed by atoms with Crippen LogP contribution in [0.15, 0.2) is 0 Å². The molecular formula is C15H25NO3. The van der Waals surface area contributed by atoms with Gasteiger partial charge < -0.3 is 15.2 Å². The van der Waals surface area contributed by atoms with Gasteiger partial charge in [0.15, 0.2) is 0 Å². The molecule has 19 heavy (non-hydrogen) atoms. The molecule has 2 saturated heterocycles. The molecule has 0 aromatic carbocycles. The molecule has 108 valence electrons. The van der Waals surface area contributed by atoms with E-state index in [-0.39, 0.29) is 17.1 Å². The van der Waals surface area contributed by atoms with Crippen molar-refractivity contribution in [1.82, 2.24) is 0 Å². The molecule has 2 atom stereocenters. The first-order chi connectivity index (χ1) is 9.11. The van der Waals surface area contributed by atoms with Crippen LogP contribution in [0.1, 0.15) is 51.4 Å². The quantitative estimate of drug-likeness (QED) is 0.847. The van der Waals surface area contributed by atoms with Crippen molar-refractivity contribution in [2.24, 2.45) is 11.7 Å². The molecule has 2 heterocycles. The van der Waals surface area contributed by atoms with Crippen molar-refractivity contribution < 1.29 is 14.3 Å². The summed E-state index contributed by atoms with van der Waals surface area (Å²) in [5, 5.41) is 0. The average Bonchev–Trinajstić information content (AvgIpc) is 3.00. The average molecular weight is 267 g/mol. The Bertz CT molecular complexity index is 343. The molecule has 0 aromatic heterocycles. The predicted molar refractivity (Wildman–Crippen MR) is 71.9 cm³/mol. The summed E-state index contributed by atoms with van der Waals surface area (Å²) >= 11 is 0. The summed E-state index contributed by atoms with van der Waals surface area (Å²) in [6.45, 7) is 2.11. The van der Waals surface area contributed by atoms with Crippen molar-refractivity contribution in [3.05, 3.63) is 0 Å². The van der Waals surface area contributed by atoms with E-state index >= 15 is 0 Å². The van der Waals surface area contributed by atoms with Gasteiger partial charge >= 0.3 is 0 Å². The van der Waals surface area contributed by atoms with Gasteiger partial charge in [-0.25, -0.2) is 0 Å². The van der Waals surface area contributed by atoms with E-state index in [1.54, 1.807) is 0 Å². The minimum Gasteiger partial charge on any atom is -0.378 e. The van der Waals surface area contributed by atoms with Crippen LogP contribution in [0.2, 0.25) is 0 Å². The topological polar surface area (TPSA) is 61.6 Å². The molecule has 0 aromatic rings. The van der Waals surface area contributed by atoms with Crippen LogP contribution in [0.4, 0.5) is 0 Å². The number of carbonyl (C=O) groups excluding carboxylic acids is 1. The zero-order valence-corrected chi connectivity index (χ0v) is 11.7. The third-order valence-corrected chi connectivity index (χ3v) is 5.14. The van der Waals surface area contributed by atoms with Crippen LogP contribution in [0, 0.1) is 5.92 Å². The third kappa shape index (κ3) is 2.86. The zero-order valence-electron chi connectivity index (χ0n) is 11.7. The van der Waals surface area contributed by atoms with E-state index in [0.29, 0.717) is 25.4 Å². The van der Waals surface area contributed by atoms with E-state index in [1.165, 1.54) is 12.8 Å². The minimum atomic E-state index is -0.214. The van der Waals surface area contributed by atoms with Crippen LogP contribution in [-0.4, -0.2) is 36.7 Å². The Hall–Kier alpha value is -0.450. The predicted octanol–water partition coefficient (Wildman–Crippen LogP) is 1.80. The van der Waals surface area contributed by atoms with Gasteiger partial charge in [-0.05, 0) is 25.7 Å². The Kier molecular flexibility index (Phi) is 3.67. The van der Waals surface area contributed by atoms with Gasteiger partial charge in [-0.2, -0.15) is 0 Å². The molecule has 1 aliphatic carbocycles. The lowest BCUT2D eigenvalue weighted by molar-refractivity contribution is -0.138. The van der Waals surface area contributed by atoms with Gasteiger partial charge in [-0.1, -0.05) is 12.8 Å². The number of hydrogen-bond donors (Lipinski definition) is 1. The molecule has 1 saturated carbocycles.